The maximum Gasteiger partial charge on any atom is 0.0848 e. The summed E-state index contributed by atoms with van der Waals surface area (Å²) in [5.74, 6) is 0.462. The molecule has 1 aliphatic carbocycles. The highest BCUT2D eigenvalue weighted by molar-refractivity contribution is 5.09. The number of aromatic nitrogens is 2. The van der Waals surface area contributed by atoms with Crippen LogP contribution in [0.25, 0.3) is 0 Å². The Morgan fingerprint density at radius 2 is 2.27 bits per heavy atom. The number of hydrogen-bond acceptors (Lipinski definition) is 2. The van der Waals surface area contributed by atoms with E-state index in [1.54, 1.807) is 0 Å². The van der Waals surface area contributed by atoms with Crippen LogP contribution in [0.1, 0.15) is 50.7 Å². The van der Waals surface area contributed by atoms with Crippen LogP contribution < -0.4 is 0 Å². The normalized spacial score (nSPS) is 19.6. The molecule has 2 rings (SSSR count). The fourth-order valence-corrected chi connectivity index (χ4v) is 2.43. The smallest absolute Gasteiger partial charge is 0.0848 e. The fraction of sp³-hybridized carbons (Fsp3) is 0.750. The van der Waals surface area contributed by atoms with E-state index >= 15 is 0 Å². The largest absolute Gasteiger partial charge is 0.388 e. The van der Waals surface area contributed by atoms with Gasteiger partial charge in [0.2, 0.25) is 0 Å². The lowest BCUT2D eigenvalue weighted by atomic mass is 9.97. The van der Waals surface area contributed by atoms with Gasteiger partial charge in [-0.15, -0.1) is 0 Å². The Morgan fingerprint density at radius 1 is 1.53 bits per heavy atom. The third-order valence-corrected chi connectivity index (χ3v) is 3.29. The van der Waals surface area contributed by atoms with Crippen LogP contribution in [0.15, 0.2) is 12.4 Å². The minimum absolute atomic E-state index is 0.293. The highest BCUT2D eigenvalue weighted by Crippen LogP contribution is 2.35. The molecule has 1 aliphatic rings. The molecule has 3 nitrogen and oxygen atoms in total. The van der Waals surface area contributed by atoms with Crippen molar-refractivity contribution in [1.29, 1.82) is 0 Å². The van der Waals surface area contributed by atoms with Crippen molar-refractivity contribution in [2.24, 2.45) is 5.92 Å². The molecule has 0 amide bonds. The first-order valence-corrected chi connectivity index (χ1v) is 6.01. The molecule has 84 valence electrons. The Balaban J connectivity index is 2.00. The number of aliphatic hydroxyl groups excluding tert-OH is 1. The van der Waals surface area contributed by atoms with Crippen molar-refractivity contribution in [3.8, 4) is 0 Å². The van der Waals surface area contributed by atoms with Crippen LogP contribution in [-0.4, -0.2) is 14.9 Å². The zero-order valence-electron chi connectivity index (χ0n) is 9.39. The van der Waals surface area contributed by atoms with Crippen molar-refractivity contribution in [3.63, 3.8) is 0 Å². The van der Waals surface area contributed by atoms with Crippen LogP contribution in [0.4, 0.5) is 0 Å². The number of nitrogens with zero attached hydrogens (tertiary/aromatic N) is 2. The van der Waals surface area contributed by atoms with Gasteiger partial charge in [-0.3, -0.25) is 4.68 Å². The minimum Gasteiger partial charge on any atom is -0.388 e. The first-order chi connectivity index (χ1) is 7.31. The Kier molecular flexibility index (Phi) is 3.41. The van der Waals surface area contributed by atoms with Gasteiger partial charge in [0.25, 0.3) is 0 Å². The Bertz CT molecular complexity index is 302. The Morgan fingerprint density at radius 3 is 2.93 bits per heavy atom. The molecule has 1 fully saturated rings. The quantitative estimate of drug-likeness (QED) is 0.825. The molecule has 0 saturated heterocycles. The minimum atomic E-state index is -0.293. The monoisotopic (exact) mass is 208 g/mol. The summed E-state index contributed by atoms with van der Waals surface area (Å²) in [6.07, 6.45) is 9.47. The van der Waals surface area contributed by atoms with E-state index in [0.717, 1.165) is 18.5 Å². The first-order valence-electron chi connectivity index (χ1n) is 6.01. The molecule has 15 heavy (non-hydrogen) atoms. The average molecular weight is 208 g/mol. The first kappa shape index (κ1) is 10.7. The molecular formula is C12H20N2O. The van der Waals surface area contributed by atoms with E-state index in [4.69, 9.17) is 0 Å². The molecule has 1 aromatic heterocycles. The van der Waals surface area contributed by atoms with E-state index in [1.807, 2.05) is 17.1 Å². The summed E-state index contributed by atoms with van der Waals surface area (Å²) in [6, 6.07) is 0. The van der Waals surface area contributed by atoms with E-state index in [0.29, 0.717) is 5.92 Å². The number of aryl methyl sites for hydroxylation is 1. The van der Waals surface area contributed by atoms with E-state index < -0.39 is 0 Å². The Labute approximate surface area is 91.1 Å². The summed E-state index contributed by atoms with van der Waals surface area (Å²) in [5, 5.41) is 14.4. The summed E-state index contributed by atoms with van der Waals surface area (Å²) < 4.78 is 1.92. The summed E-state index contributed by atoms with van der Waals surface area (Å²) >= 11 is 0. The molecule has 1 heterocycles. The van der Waals surface area contributed by atoms with Gasteiger partial charge in [0.1, 0.15) is 0 Å². The standard InChI is InChI=1S/C12H20N2O/c1-2-7-14-9-11(8-13-14)12(15)10-5-3-4-6-10/h8-10,12,15H,2-7H2,1H3. The highest BCUT2D eigenvalue weighted by atomic mass is 16.3. The molecule has 1 unspecified atom stereocenters. The van der Waals surface area contributed by atoms with Crippen molar-refractivity contribution < 1.29 is 5.11 Å². The van der Waals surface area contributed by atoms with Gasteiger partial charge in [0.15, 0.2) is 0 Å². The van der Waals surface area contributed by atoms with Gasteiger partial charge in [-0.1, -0.05) is 19.8 Å². The topological polar surface area (TPSA) is 38.0 Å². The van der Waals surface area contributed by atoms with E-state index in [-0.39, 0.29) is 6.10 Å². The van der Waals surface area contributed by atoms with Crippen LogP contribution in [0.3, 0.4) is 0 Å². The summed E-state index contributed by atoms with van der Waals surface area (Å²) in [6.45, 7) is 3.08. The molecule has 0 aromatic carbocycles. The van der Waals surface area contributed by atoms with E-state index in [2.05, 4.69) is 12.0 Å². The maximum atomic E-state index is 10.1. The lowest BCUT2D eigenvalue weighted by Gasteiger charge is -2.15. The second-order valence-corrected chi connectivity index (χ2v) is 4.53. The van der Waals surface area contributed by atoms with Crippen LogP contribution >= 0.6 is 0 Å². The molecule has 1 N–H and O–H groups in total. The van der Waals surface area contributed by atoms with Crippen LogP contribution in [0.2, 0.25) is 0 Å². The Hall–Kier alpha value is -0.830. The van der Waals surface area contributed by atoms with Gasteiger partial charge < -0.3 is 5.11 Å². The number of aliphatic hydroxyl groups is 1. The zero-order valence-corrected chi connectivity index (χ0v) is 9.39. The predicted molar refractivity (Wildman–Crippen MR) is 59.4 cm³/mol. The third-order valence-electron chi connectivity index (χ3n) is 3.29. The third kappa shape index (κ3) is 2.40. The average Bonchev–Trinajstić information content (AvgIpc) is 2.87. The maximum absolute atomic E-state index is 10.1. The summed E-state index contributed by atoms with van der Waals surface area (Å²) in [5.41, 5.74) is 0.996. The molecule has 1 saturated carbocycles. The van der Waals surface area contributed by atoms with Crippen molar-refractivity contribution in [3.05, 3.63) is 18.0 Å². The lowest BCUT2D eigenvalue weighted by molar-refractivity contribution is 0.111. The highest BCUT2D eigenvalue weighted by Gasteiger charge is 2.25. The zero-order chi connectivity index (χ0) is 10.7. The second-order valence-electron chi connectivity index (χ2n) is 4.53. The van der Waals surface area contributed by atoms with Crippen molar-refractivity contribution in [2.75, 3.05) is 0 Å². The van der Waals surface area contributed by atoms with Crippen LogP contribution in [0, 0.1) is 5.92 Å². The van der Waals surface area contributed by atoms with E-state index in [1.165, 1.54) is 25.7 Å². The molecule has 3 heteroatoms. The molecule has 0 radical (unpaired) electrons. The van der Waals surface area contributed by atoms with E-state index in [9.17, 15) is 5.11 Å². The second kappa shape index (κ2) is 4.79. The predicted octanol–water partition coefficient (Wildman–Crippen LogP) is 2.52. The molecule has 0 spiro atoms. The molecule has 1 aromatic rings. The van der Waals surface area contributed by atoms with Crippen molar-refractivity contribution >= 4 is 0 Å². The number of hydrogen-bond donors (Lipinski definition) is 1. The molecule has 0 bridgehead atoms. The fourth-order valence-electron chi connectivity index (χ4n) is 2.43. The van der Waals surface area contributed by atoms with Gasteiger partial charge in [-0.25, -0.2) is 0 Å². The summed E-state index contributed by atoms with van der Waals surface area (Å²) in [7, 11) is 0. The van der Waals surface area contributed by atoms with Crippen LogP contribution in [-0.2, 0) is 6.54 Å². The van der Waals surface area contributed by atoms with Crippen molar-refractivity contribution in [2.45, 2.75) is 51.7 Å². The lowest BCUT2D eigenvalue weighted by Crippen LogP contribution is -2.08. The number of rotatable bonds is 4. The van der Waals surface area contributed by atoms with Gasteiger partial charge in [0, 0.05) is 18.3 Å². The van der Waals surface area contributed by atoms with Gasteiger partial charge >= 0.3 is 0 Å². The van der Waals surface area contributed by atoms with Gasteiger partial charge in [-0.2, -0.15) is 5.10 Å². The van der Waals surface area contributed by atoms with Crippen LogP contribution in [0.5, 0.6) is 0 Å². The molecule has 1 atom stereocenters. The summed E-state index contributed by atoms with van der Waals surface area (Å²) in [4.78, 5) is 0. The SMILES string of the molecule is CCCn1cc(C(O)C2CCCC2)cn1. The molecular weight excluding hydrogens is 188 g/mol. The van der Waals surface area contributed by atoms with Gasteiger partial charge in [-0.05, 0) is 25.2 Å². The molecule has 0 aliphatic heterocycles. The van der Waals surface area contributed by atoms with Gasteiger partial charge in [0.05, 0.1) is 12.3 Å². The van der Waals surface area contributed by atoms with Crippen molar-refractivity contribution in [1.82, 2.24) is 9.78 Å².